The van der Waals surface area contributed by atoms with Crippen molar-refractivity contribution in [2.24, 2.45) is 15.3 Å². The third-order valence-electron chi connectivity index (χ3n) is 1.87. The highest BCUT2D eigenvalue weighted by molar-refractivity contribution is 5.78. The van der Waals surface area contributed by atoms with E-state index in [2.05, 4.69) is 34.6 Å². The Morgan fingerprint density at radius 1 is 1.11 bits per heavy atom. The van der Waals surface area contributed by atoms with E-state index < -0.39 is 5.72 Å². The van der Waals surface area contributed by atoms with Crippen molar-refractivity contribution in [1.29, 1.82) is 0 Å². The largest absolute Gasteiger partial charge is 0.368 e. The summed E-state index contributed by atoms with van der Waals surface area (Å²) in [4.78, 5) is 0. The van der Waals surface area contributed by atoms with Gasteiger partial charge in [-0.3, -0.25) is 0 Å². The van der Waals surface area contributed by atoms with E-state index in [9.17, 15) is 0 Å². The molecule has 114 valence electrons. The van der Waals surface area contributed by atoms with E-state index >= 15 is 0 Å². The van der Waals surface area contributed by atoms with Gasteiger partial charge in [0.15, 0.2) is 5.72 Å². The van der Waals surface area contributed by atoms with Gasteiger partial charge < -0.3 is 10.5 Å². The molecule has 0 heterocycles. The van der Waals surface area contributed by atoms with Gasteiger partial charge in [0, 0.05) is 12.3 Å². The number of unbranched alkanes of at least 4 members (excludes halogenated alkanes) is 2. The van der Waals surface area contributed by atoms with Crippen LogP contribution in [0, 0.1) is 0 Å². The Morgan fingerprint density at radius 2 is 1.68 bits per heavy atom. The van der Waals surface area contributed by atoms with Crippen molar-refractivity contribution >= 4 is 5.71 Å². The topological polar surface area (TPSA) is 69.3 Å². The van der Waals surface area contributed by atoms with Gasteiger partial charge in [-0.05, 0) is 40.5 Å². The molecule has 0 aliphatic carbocycles. The van der Waals surface area contributed by atoms with Crippen LogP contribution in [-0.2, 0) is 0 Å². The number of rotatable bonds is 8. The van der Waals surface area contributed by atoms with E-state index in [4.69, 9.17) is 5.11 Å². The van der Waals surface area contributed by atoms with Crippen molar-refractivity contribution in [2.45, 2.75) is 73.0 Å². The van der Waals surface area contributed by atoms with Crippen LogP contribution in [0.3, 0.4) is 0 Å². The first kappa shape index (κ1) is 20.3. The monoisotopic (exact) mass is 272 g/mol. The molecular weight excluding hydrogens is 240 g/mol. The van der Waals surface area contributed by atoms with Gasteiger partial charge in [0.2, 0.25) is 0 Å². The normalized spacial score (nSPS) is 10.9. The molecule has 0 amide bonds. The third kappa shape index (κ3) is 26.6. The Morgan fingerprint density at radius 3 is 2.11 bits per heavy atom. The summed E-state index contributed by atoms with van der Waals surface area (Å²) < 4.78 is 0. The zero-order valence-corrected chi connectivity index (χ0v) is 13.5. The van der Waals surface area contributed by atoms with Crippen molar-refractivity contribution in [3.8, 4) is 0 Å². The highest BCUT2D eigenvalue weighted by Gasteiger charge is 2.07. The molecule has 0 atom stereocenters. The highest BCUT2D eigenvalue weighted by Crippen LogP contribution is 2.03. The SMILES string of the molecule is CCCCN=NC(C)(C)O.CCCCNN=C(C)C. The van der Waals surface area contributed by atoms with Crippen LogP contribution in [0.1, 0.15) is 67.2 Å². The summed E-state index contributed by atoms with van der Waals surface area (Å²) in [6, 6.07) is 0. The molecule has 0 radical (unpaired) electrons. The Balaban J connectivity index is 0. The minimum atomic E-state index is -0.992. The summed E-state index contributed by atoms with van der Waals surface area (Å²) in [5.41, 5.74) is 3.07. The first-order valence-corrected chi connectivity index (χ1v) is 7.18. The van der Waals surface area contributed by atoms with Crippen LogP contribution in [0.25, 0.3) is 0 Å². The molecule has 0 saturated carbocycles. The zero-order chi connectivity index (χ0) is 15.1. The van der Waals surface area contributed by atoms with Gasteiger partial charge in [-0.25, -0.2) is 0 Å². The van der Waals surface area contributed by atoms with Gasteiger partial charge in [0.25, 0.3) is 0 Å². The predicted molar refractivity (Wildman–Crippen MR) is 82.6 cm³/mol. The van der Waals surface area contributed by atoms with E-state index in [1.54, 1.807) is 13.8 Å². The molecule has 0 bridgehead atoms. The number of nitrogens with one attached hydrogen (secondary N) is 1. The van der Waals surface area contributed by atoms with Crippen molar-refractivity contribution in [3.05, 3.63) is 0 Å². The smallest absolute Gasteiger partial charge is 0.170 e. The average molecular weight is 272 g/mol. The van der Waals surface area contributed by atoms with Crippen LogP contribution < -0.4 is 5.43 Å². The lowest BCUT2D eigenvalue weighted by Crippen LogP contribution is -2.13. The summed E-state index contributed by atoms with van der Waals surface area (Å²) in [5.74, 6) is 0. The van der Waals surface area contributed by atoms with Crippen LogP contribution in [0.4, 0.5) is 0 Å². The quantitative estimate of drug-likeness (QED) is 0.306. The lowest BCUT2D eigenvalue weighted by molar-refractivity contribution is 0.0816. The predicted octanol–water partition coefficient (Wildman–Crippen LogP) is 3.74. The van der Waals surface area contributed by atoms with E-state index in [1.807, 2.05) is 13.8 Å². The van der Waals surface area contributed by atoms with E-state index in [0.29, 0.717) is 0 Å². The van der Waals surface area contributed by atoms with E-state index in [-0.39, 0.29) is 0 Å². The minimum Gasteiger partial charge on any atom is -0.368 e. The molecule has 2 N–H and O–H groups in total. The molecular formula is C14H32N4O. The first-order valence-electron chi connectivity index (χ1n) is 7.18. The number of hydrogen-bond acceptors (Lipinski definition) is 5. The fourth-order valence-corrected chi connectivity index (χ4v) is 0.922. The standard InChI is InChI=1S/C7H16N2O.C7H16N2/c1-4-5-6-8-9-7(2,3)10;1-4-5-6-8-9-7(2)3/h10H,4-6H2,1-3H3;8H,4-6H2,1-3H3. The molecule has 0 rings (SSSR count). The number of nitrogens with zero attached hydrogens (tertiary/aromatic N) is 3. The molecule has 0 aliphatic rings. The molecule has 0 saturated heterocycles. The van der Waals surface area contributed by atoms with Gasteiger partial charge in [-0.1, -0.05) is 26.7 Å². The lowest BCUT2D eigenvalue weighted by Gasteiger charge is -2.07. The second kappa shape index (κ2) is 13.5. The fourth-order valence-electron chi connectivity index (χ4n) is 0.922. The van der Waals surface area contributed by atoms with Crippen molar-refractivity contribution in [3.63, 3.8) is 0 Å². The summed E-state index contributed by atoms with van der Waals surface area (Å²) in [5, 5.41) is 20.6. The first-order chi connectivity index (χ1) is 8.83. The minimum absolute atomic E-state index is 0.723. The van der Waals surface area contributed by atoms with Crippen LogP contribution in [0.5, 0.6) is 0 Å². The Bertz CT molecular complexity index is 240. The van der Waals surface area contributed by atoms with Crippen LogP contribution >= 0.6 is 0 Å². The van der Waals surface area contributed by atoms with Gasteiger partial charge in [0.1, 0.15) is 0 Å². The number of aliphatic hydroxyl groups is 1. The molecule has 0 aliphatic heterocycles. The van der Waals surface area contributed by atoms with Gasteiger partial charge in [-0.2, -0.15) is 15.3 Å². The maximum atomic E-state index is 9.06. The van der Waals surface area contributed by atoms with Crippen molar-refractivity contribution in [2.75, 3.05) is 13.1 Å². The maximum Gasteiger partial charge on any atom is 0.170 e. The Kier molecular flexibility index (Phi) is 14.4. The molecule has 0 fully saturated rings. The summed E-state index contributed by atoms with van der Waals surface area (Å²) in [6.07, 6.45) is 4.59. The maximum absolute atomic E-state index is 9.06. The molecule has 5 nitrogen and oxygen atoms in total. The molecule has 0 aromatic heterocycles. The molecule has 19 heavy (non-hydrogen) atoms. The molecule has 0 aromatic carbocycles. The fraction of sp³-hybridized carbons (Fsp3) is 0.929. The second-order valence-electron chi connectivity index (χ2n) is 5.13. The van der Waals surface area contributed by atoms with Crippen LogP contribution in [0.15, 0.2) is 15.3 Å². The molecule has 5 heteroatoms. The van der Waals surface area contributed by atoms with E-state index in [1.165, 1.54) is 12.8 Å². The zero-order valence-electron chi connectivity index (χ0n) is 13.5. The van der Waals surface area contributed by atoms with Gasteiger partial charge in [0.05, 0.1) is 6.54 Å². The van der Waals surface area contributed by atoms with Gasteiger partial charge in [-0.15, -0.1) is 0 Å². The summed E-state index contributed by atoms with van der Waals surface area (Å²) in [6.45, 7) is 13.2. The Hall–Kier alpha value is -0.970. The molecule has 0 unspecified atom stereocenters. The summed E-state index contributed by atoms with van der Waals surface area (Å²) >= 11 is 0. The van der Waals surface area contributed by atoms with Crippen molar-refractivity contribution < 1.29 is 5.11 Å². The molecule has 0 aromatic rings. The van der Waals surface area contributed by atoms with Crippen molar-refractivity contribution in [1.82, 2.24) is 5.43 Å². The Labute approximate surface area is 118 Å². The van der Waals surface area contributed by atoms with Gasteiger partial charge >= 0.3 is 0 Å². The number of azo groups is 1. The number of hydrogen-bond donors (Lipinski definition) is 2. The van der Waals surface area contributed by atoms with E-state index in [0.717, 1.165) is 31.6 Å². The third-order valence-corrected chi connectivity index (χ3v) is 1.87. The highest BCUT2D eigenvalue weighted by atomic mass is 16.3. The average Bonchev–Trinajstić information content (AvgIpc) is 2.30. The number of hydrazone groups is 1. The second-order valence-corrected chi connectivity index (χ2v) is 5.13. The molecule has 0 spiro atoms. The summed E-state index contributed by atoms with van der Waals surface area (Å²) in [7, 11) is 0. The van der Waals surface area contributed by atoms with Crippen LogP contribution in [0.2, 0.25) is 0 Å². The lowest BCUT2D eigenvalue weighted by atomic mass is 10.3. The van der Waals surface area contributed by atoms with Crippen LogP contribution in [-0.4, -0.2) is 29.6 Å².